The van der Waals surface area contributed by atoms with Crippen molar-refractivity contribution in [1.29, 1.82) is 0 Å². The number of benzene rings is 8. The molecule has 43 heavy (non-hydrogen) atoms. The first kappa shape index (κ1) is 24.4. The van der Waals surface area contributed by atoms with Crippen molar-refractivity contribution < 1.29 is 0 Å². The molecule has 0 saturated heterocycles. The molecule has 202 valence electrons. The molecule has 0 unspecified atom stereocenters. The van der Waals surface area contributed by atoms with E-state index >= 15 is 0 Å². The van der Waals surface area contributed by atoms with E-state index in [2.05, 4.69) is 159 Å². The van der Waals surface area contributed by atoms with Gasteiger partial charge < -0.3 is 0 Å². The van der Waals surface area contributed by atoms with E-state index in [-0.39, 0.29) is 5.41 Å². The van der Waals surface area contributed by atoms with Crippen LogP contribution in [0.4, 0.5) is 0 Å². The summed E-state index contributed by atoms with van der Waals surface area (Å²) < 4.78 is 0. The van der Waals surface area contributed by atoms with Gasteiger partial charge in [0.25, 0.3) is 0 Å². The predicted molar refractivity (Wildman–Crippen MR) is 185 cm³/mol. The molecule has 0 N–H and O–H groups in total. The Morgan fingerprint density at radius 3 is 1.58 bits per heavy atom. The summed E-state index contributed by atoms with van der Waals surface area (Å²) in [6.45, 7) is 4.82. The predicted octanol–water partition coefficient (Wildman–Crippen LogP) is 11.9. The first-order valence-corrected chi connectivity index (χ1v) is 15.2. The van der Waals surface area contributed by atoms with E-state index in [0.717, 1.165) is 0 Å². The van der Waals surface area contributed by atoms with Gasteiger partial charge in [-0.2, -0.15) is 0 Å². The molecule has 8 aromatic rings. The Labute approximate surface area is 251 Å². The van der Waals surface area contributed by atoms with Crippen molar-refractivity contribution in [2.45, 2.75) is 19.3 Å². The molecule has 0 spiro atoms. The van der Waals surface area contributed by atoms with E-state index in [9.17, 15) is 0 Å². The van der Waals surface area contributed by atoms with Gasteiger partial charge in [0.15, 0.2) is 0 Å². The van der Waals surface area contributed by atoms with Crippen molar-refractivity contribution in [2.24, 2.45) is 0 Å². The third kappa shape index (κ3) is 3.38. The van der Waals surface area contributed by atoms with Crippen molar-refractivity contribution in [3.63, 3.8) is 0 Å². The minimum atomic E-state index is -0.130. The van der Waals surface area contributed by atoms with E-state index in [1.54, 1.807) is 0 Å². The zero-order valence-corrected chi connectivity index (χ0v) is 24.4. The van der Waals surface area contributed by atoms with Crippen LogP contribution in [0.3, 0.4) is 0 Å². The van der Waals surface area contributed by atoms with Crippen LogP contribution in [-0.2, 0) is 5.41 Å². The molecule has 0 aliphatic heterocycles. The molecule has 9 rings (SSSR count). The van der Waals surface area contributed by atoms with Gasteiger partial charge in [0.2, 0.25) is 0 Å². The summed E-state index contributed by atoms with van der Waals surface area (Å²) in [5.74, 6) is 0. The second kappa shape index (κ2) is 8.90. The first-order valence-electron chi connectivity index (χ1n) is 15.2. The summed E-state index contributed by atoms with van der Waals surface area (Å²) in [6, 6.07) is 54.0. The lowest BCUT2D eigenvalue weighted by atomic mass is 9.78. The molecular formula is C43H30. The zero-order valence-electron chi connectivity index (χ0n) is 24.4. The summed E-state index contributed by atoms with van der Waals surface area (Å²) in [7, 11) is 0. The van der Waals surface area contributed by atoms with Gasteiger partial charge in [-0.3, -0.25) is 0 Å². The van der Waals surface area contributed by atoms with E-state index in [1.807, 2.05) is 0 Å². The van der Waals surface area contributed by atoms with Crippen LogP contribution in [0.5, 0.6) is 0 Å². The SMILES string of the molecule is CC1(C)c2cc(-c3ccccc3-c3cc4ccccc4c4ccccc34)c3ccccc3c2-c2ccc3ccccc3c21. The van der Waals surface area contributed by atoms with Gasteiger partial charge in [-0.25, -0.2) is 0 Å². The van der Waals surface area contributed by atoms with E-state index in [1.165, 1.54) is 87.6 Å². The van der Waals surface area contributed by atoms with E-state index in [0.29, 0.717) is 0 Å². The molecule has 1 aliphatic rings. The number of rotatable bonds is 2. The zero-order chi connectivity index (χ0) is 28.7. The third-order valence-corrected chi connectivity index (χ3v) is 9.82. The standard InChI is InChI=1S/C43H30/c1-43(2)40-26-39(35-21-11-12-22-36(35)41(40)37-24-23-27-13-3-6-16-30(27)42(37)43)34-20-10-9-19-33(34)38-25-28-14-4-5-15-29(28)31-17-7-8-18-32(31)38/h3-26H,1-2H3. The van der Waals surface area contributed by atoms with Gasteiger partial charge in [-0.1, -0.05) is 147 Å². The van der Waals surface area contributed by atoms with E-state index < -0.39 is 0 Å². The minimum absolute atomic E-state index is 0.130. The molecule has 0 heteroatoms. The number of hydrogen-bond acceptors (Lipinski definition) is 0. The Kier molecular flexibility index (Phi) is 5.05. The number of fused-ring (bicyclic) bond motifs is 10. The highest BCUT2D eigenvalue weighted by molar-refractivity contribution is 6.17. The third-order valence-electron chi connectivity index (χ3n) is 9.82. The van der Waals surface area contributed by atoms with E-state index in [4.69, 9.17) is 0 Å². The molecule has 1 aliphatic carbocycles. The van der Waals surface area contributed by atoms with Crippen LogP contribution < -0.4 is 0 Å². The monoisotopic (exact) mass is 546 g/mol. The highest BCUT2D eigenvalue weighted by Gasteiger charge is 2.38. The van der Waals surface area contributed by atoms with Crippen molar-refractivity contribution in [1.82, 2.24) is 0 Å². The fraction of sp³-hybridized carbons (Fsp3) is 0.0698. The van der Waals surface area contributed by atoms with Crippen molar-refractivity contribution in [2.75, 3.05) is 0 Å². The molecule has 0 fully saturated rings. The Balaban J connectivity index is 1.37. The second-order valence-corrected chi connectivity index (χ2v) is 12.5. The Morgan fingerprint density at radius 1 is 0.349 bits per heavy atom. The van der Waals surface area contributed by atoms with Gasteiger partial charge in [0, 0.05) is 5.41 Å². The highest BCUT2D eigenvalue weighted by atomic mass is 14.4. The van der Waals surface area contributed by atoms with Crippen LogP contribution >= 0.6 is 0 Å². The summed E-state index contributed by atoms with van der Waals surface area (Å²) in [4.78, 5) is 0. The van der Waals surface area contributed by atoms with Gasteiger partial charge >= 0.3 is 0 Å². The molecule has 8 aromatic carbocycles. The largest absolute Gasteiger partial charge is 0.0616 e. The minimum Gasteiger partial charge on any atom is -0.0616 e. The molecule has 0 radical (unpaired) electrons. The molecule has 0 amide bonds. The van der Waals surface area contributed by atoms with Crippen LogP contribution in [0.15, 0.2) is 146 Å². The van der Waals surface area contributed by atoms with Crippen LogP contribution in [0.1, 0.15) is 25.0 Å². The smallest absolute Gasteiger partial charge is 0.0165 e. The quantitative estimate of drug-likeness (QED) is 0.189. The normalized spacial score (nSPS) is 13.5. The molecular weight excluding hydrogens is 516 g/mol. The maximum atomic E-state index is 2.51. The average molecular weight is 547 g/mol. The molecule has 0 bridgehead atoms. The Hall–Kier alpha value is -5.20. The lowest BCUT2D eigenvalue weighted by Crippen LogP contribution is -2.15. The van der Waals surface area contributed by atoms with Crippen LogP contribution in [0.25, 0.3) is 76.5 Å². The first-order chi connectivity index (χ1) is 21.1. The lowest BCUT2D eigenvalue weighted by Gasteiger charge is -2.25. The topological polar surface area (TPSA) is 0 Å². The van der Waals surface area contributed by atoms with Crippen molar-refractivity contribution in [3.05, 3.63) is 157 Å². The second-order valence-electron chi connectivity index (χ2n) is 12.5. The average Bonchev–Trinajstić information content (AvgIpc) is 3.30. The number of hydrogen-bond donors (Lipinski definition) is 0. The molecule has 0 nitrogen and oxygen atoms in total. The lowest BCUT2D eigenvalue weighted by molar-refractivity contribution is 0.667. The van der Waals surface area contributed by atoms with Gasteiger partial charge in [-0.15, -0.1) is 0 Å². The summed E-state index contributed by atoms with van der Waals surface area (Å²) in [6.07, 6.45) is 0. The molecule has 0 saturated carbocycles. The van der Waals surface area contributed by atoms with Crippen LogP contribution in [0.2, 0.25) is 0 Å². The molecule has 0 heterocycles. The Morgan fingerprint density at radius 2 is 0.860 bits per heavy atom. The van der Waals surface area contributed by atoms with Gasteiger partial charge in [0.1, 0.15) is 0 Å². The van der Waals surface area contributed by atoms with Gasteiger partial charge in [0.05, 0.1) is 0 Å². The van der Waals surface area contributed by atoms with Crippen molar-refractivity contribution >= 4 is 43.1 Å². The molecule has 0 atom stereocenters. The maximum absolute atomic E-state index is 2.51. The van der Waals surface area contributed by atoms with Crippen molar-refractivity contribution in [3.8, 4) is 33.4 Å². The fourth-order valence-electron chi connectivity index (χ4n) is 7.90. The fourth-order valence-corrected chi connectivity index (χ4v) is 7.90. The van der Waals surface area contributed by atoms with Crippen LogP contribution in [-0.4, -0.2) is 0 Å². The summed E-state index contributed by atoms with van der Waals surface area (Å²) in [5.41, 5.74) is 10.6. The summed E-state index contributed by atoms with van der Waals surface area (Å²) in [5, 5.41) is 10.5. The van der Waals surface area contributed by atoms with Gasteiger partial charge in [-0.05, 0) is 99.7 Å². The summed E-state index contributed by atoms with van der Waals surface area (Å²) >= 11 is 0. The highest BCUT2D eigenvalue weighted by Crippen LogP contribution is 2.55. The maximum Gasteiger partial charge on any atom is 0.0165 e. The van der Waals surface area contributed by atoms with Crippen LogP contribution in [0, 0.1) is 0 Å². The Bertz CT molecular complexity index is 2420. The molecule has 0 aromatic heterocycles.